The molecule has 0 bridgehead atoms. The molecular weight excluding hydrogens is 254 g/mol. The highest BCUT2D eigenvalue weighted by Gasteiger charge is 2.28. The van der Waals surface area contributed by atoms with E-state index in [4.69, 9.17) is 0 Å². The summed E-state index contributed by atoms with van der Waals surface area (Å²) in [6.45, 7) is 7.15. The number of hydrogen-bond acceptors (Lipinski definition) is 4. The van der Waals surface area contributed by atoms with Crippen molar-refractivity contribution in [2.75, 3.05) is 19.6 Å². The first-order valence-electron chi connectivity index (χ1n) is 7.35. The van der Waals surface area contributed by atoms with Crippen LogP contribution >= 0.6 is 0 Å². The quantitative estimate of drug-likeness (QED) is 0.664. The monoisotopic (exact) mass is 277 g/mol. The zero-order chi connectivity index (χ0) is 14.5. The summed E-state index contributed by atoms with van der Waals surface area (Å²) in [6.07, 6.45) is 2.33. The van der Waals surface area contributed by atoms with Gasteiger partial charge in [0.05, 0.1) is 4.92 Å². The van der Waals surface area contributed by atoms with E-state index >= 15 is 0 Å². The molecule has 0 aromatic heterocycles. The molecule has 0 spiro atoms. The van der Waals surface area contributed by atoms with Crippen molar-refractivity contribution in [1.82, 2.24) is 10.2 Å². The smallest absolute Gasteiger partial charge is 0.274 e. The summed E-state index contributed by atoms with van der Waals surface area (Å²) in [6, 6.07) is 7.61. The molecule has 1 aromatic carbocycles. The van der Waals surface area contributed by atoms with E-state index < -0.39 is 0 Å². The lowest BCUT2D eigenvalue weighted by Crippen LogP contribution is -2.46. The topological polar surface area (TPSA) is 58.4 Å². The molecule has 1 fully saturated rings. The Labute approximate surface area is 120 Å². The Morgan fingerprint density at radius 2 is 2.25 bits per heavy atom. The predicted molar refractivity (Wildman–Crippen MR) is 79.8 cm³/mol. The van der Waals surface area contributed by atoms with E-state index in [1.807, 2.05) is 12.1 Å². The largest absolute Gasteiger partial charge is 0.315 e. The molecule has 0 radical (unpaired) electrons. The molecule has 1 N–H and O–H groups in total. The van der Waals surface area contributed by atoms with Crippen LogP contribution in [-0.4, -0.2) is 35.5 Å². The summed E-state index contributed by atoms with van der Waals surface area (Å²) in [4.78, 5) is 13.3. The minimum absolute atomic E-state index is 0.0616. The first-order chi connectivity index (χ1) is 9.65. The van der Waals surface area contributed by atoms with Crippen LogP contribution in [-0.2, 0) is 0 Å². The van der Waals surface area contributed by atoms with Gasteiger partial charge in [0.15, 0.2) is 0 Å². The molecule has 5 nitrogen and oxygen atoms in total. The zero-order valence-corrected chi connectivity index (χ0v) is 12.2. The minimum Gasteiger partial charge on any atom is -0.315 e. The van der Waals surface area contributed by atoms with Crippen molar-refractivity contribution in [1.29, 1.82) is 0 Å². The van der Waals surface area contributed by atoms with Crippen molar-refractivity contribution in [2.24, 2.45) is 0 Å². The van der Waals surface area contributed by atoms with Gasteiger partial charge in [-0.2, -0.15) is 0 Å². The van der Waals surface area contributed by atoms with Crippen LogP contribution in [0.1, 0.15) is 38.3 Å². The molecule has 0 saturated carbocycles. The van der Waals surface area contributed by atoms with Crippen LogP contribution in [0.2, 0.25) is 0 Å². The van der Waals surface area contributed by atoms with E-state index in [9.17, 15) is 10.1 Å². The minimum atomic E-state index is -0.279. The number of para-hydroxylation sites is 1. The number of nitrogens with zero attached hydrogens (tertiary/aromatic N) is 2. The molecule has 2 atom stereocenters. The maximum atomic E-state index is 11.2. The molecule has 1 aliphatic rings. The molecular formula is C15H23N3O2. The fourth-order valence-electron chi connectivity index (χ4n) is 3.15. The fraction of sp³-hybridized carbons (Fsp3) is 0.600. The van der Waals surface area contributed by atoms with Gasteiger partial charge >= 0.3 is 0 Å². The van der Waals surface area contributed by atoms with E-state index in [1.54, 1.807) is 12.1 Å². The van der Waals surface area contributed by atoms with Gasteiger partial charge in [-0.05, 0) is 32.9 Å². The van der Waals surface area contributed by atoms with Gasteiger partial charge in [0, 0.05) is 30.3 Å². The molecule has 20 heavy (non-hydrogen) atoms. The Kier molecular flexibility index (Phi) is 5.09. The van der Waals surface area contributed by atoms with Gasteiger partial charge < -0.3 is 5.32 Å². The number of hydrogen-bond donors (Lipinski definition) is 1. The molecule has 1 saturated heterocycles. The molecule has 0 aliphatic carbocycles. The van der Waals surface area contributed by atoms with Gasteiger partial charge in [0.1, 0.15) is 0 Å². The number of piperidine rings is 1. The average Bonchev–Trinajstić information content (AvgIpc) is 2.49. The van der Waals surface area contributed by atoms with Gasteiger partial charge in [0.2, 0.25) is 0 Å². The number of nitro benzene ring substituents is 1. The molecule has 2 rings (SSSR count). The van der Waals surface area contributed by atoms with Gasteiger partial charge in [-0.1, -0.05) is 25.1 Å². The van der Waals surface area contributed by atoms with Crippen molar-refractivity contribution >= 4 is 5.69 Å². The second-order valence-electron chi connectivity index (χ2n) is 5.32. The summed E-state index contributed by atoms with van der Waals surface area (Å²) < 4.78 is 0. The maximum Gasteiger partial charge on any atom is 0.274 e. The van der Waals surface area contributed by atoms with Crippen LogP contribution < -0.4 is 5.32 Å². The third-order valence-corrected chi connectivity index (χ3v) is 4.19. The third-order valence-electron chi connectivity index (χ3n) is 4.19. The second kappa shape index (κ2) is 6.81. The number of likely N-dealkylation sites (N-methyl/N-ethyl adjacent to an activating group) is 1. The summed E-state index contributed by atoms with van der Waals surface area (Å²) in [5, 5.41) is 14.6. The third kappa shape index (κ3) is 3.16. The first-order valence-corrected chi connectivity index (χ1v) is 7.35. The molecule has 2 unspecified atom stereocenters. The van der Waals surface area contributed by atoms with E-state index in [0.29, 0.717) is 6.04 Å². The highest BCUT2D eigenvalue weighted by atomic mass is 16.6. The Morgan fingerprint density at radius 1 is 1.50 bits per heavy atom. The highest BCUT2D eigenvalue weighted by molar-refractivity contribution is 5.41. The van der Waals surface area contributed by atoms with Gasteiger partial charge in [-0.25, -0.2) is 0 Å². The van der Waals surface area contributed by atoms with Gasteiger partial charge in [0.25, 0.3) is 5.69 Å². The summed E-state index contributed by atoms with van der Waals surface area (Å²) >= 11 is 0. The van der Waals surface area contributed by atoms with Crippen LogP contribution in [0.4, 0.5) is 5.69 Å². The fourth-order valence-corrected chi connectivity index (χ4v) is 3.15. The predicted octanol–water partition coefficient (Wildman–Crippen LogP) is 2.73. The lowest BCUT2D eigenvalue weighted by Gasteiger charge is -2.38. The normalized spacial score (nSPS) is 20.9. The second-order valence-corrected chi connectivity index (χ2v) is 5.32. The van der Waals surface area contributed by atoms with Crippen LogP contribution in [0.25, 0.3) is 0 Å². The Bertz CT molecular complexity index is 458. The Balaban J connectivity index is 2.23. The highest BCUT2D eigenvalue weighted by Crippen LogP contribution is 2.31. The van der Waals surface area contributed by atoms with Crippen molar-refractivity contribution in [3.63, 3.8) is 0 Å². The van der Waals surface area contributed by atoms with Gasteiger partial charge in [-0.3, -0.25) is 15.0 Å². The Hall–Kier alpha value is -1.46. The van der Waals surface area contributed by atoms with E-state index in [0.717, 1.165) is 31.6 Å². The molecule has 1 aliphatic heterocycles. The van der Waals surface area contributed by atoms with Gasteiger partial charge in [-0.15, -0.1) is 0 Å². The van der Waals surface area contributed by atoms with E-state index in [1.165, 1.54) is 6.42 Å². The maximum absolute atomic E-state index is 11.2. The van der Waals surface area contributed by atoms with Crippen molar-refractivity contribution in [3.05, 3.63) is 39.9 Å². The lowest BCUT2D eigenvalue weighted by molar-refractivity contribution is -0.386. The van der Waals surface area contributed by atoms with Crippen LogP contribution in [0.5, 0.6) is 0 Å². The van der Waals surface area contributed by atoms with Crippen molar-refractivity contribution in [2.45, 2.75) is 38.8 Å². The number of nitro groups is 1. The molecule has 110 valence electrons. The first kappa shape index (κ1) is 14.9. The number of benzene rings is 1. The van der Waals surface area contributed by atoms with Crippen LogP contribution in [0, 0.1) is 10.1 Å². The molecule has 1 heterocycles. The molecule has 5 heteroatoms. The zero-order valence-electron chi connectivity index (χ0n) is 12.2. The summed E-state index contributed by atoms with van der Waals surface area (Å²) in [5.74, 6) is 0. The van der Waals surface area contributed by atoms with E-state index in [2.05, 4.69) is 24.1 Å². The van der Waals surface area contributed by atoms with Crippen molar-refractivity contribution < 1.29 is 4.92 Å². The summed E-state index contributed by atoms with van der Waals surface area (Å²) in [5.41, 5.74) is 1.03. The molecule has 1 aromatic rings. The lowest BCUT2D eigenvalue weighted by atomic mass is 9.99. The Morgan fingerprint density at radius 3 is 2.85 bits per heavy atom. The summed E-state index contributed by atoms with van der Waals surface area (Å²) in [7, 11) is 0. The SMILES string of the molecule is CCN(C1CCCNC1)C(C)c1ccccc1[N+](=O)[O-]. The van der Waals surface area contributed by atoms with Crippen LogP contribution in [0.15, 0.2) is 24.3 Å². The number of rotatable bonds is 5. The van der Waals surface area contributed by atoms with Crippen LogP contribution in [0.3, 0.4) is 0 Å². The molecule has 0 amide bonds. The number of nitrogens with one attached hydrogen (secondary N) is 1. The van der Waals surface area contributed by atoms with Crippen molar-refractivity contribution in [3.8, 4) is 0 Å². The standard InChI is InChI=1S/C15H23N3O2/c1-3-17(13-7-6-10-16-11-13)12(2)14-8-4-5-9-15(14)18(19)20/h4-5,8-9,12-13,16H,3,6-7,10-11H2,1-2H3. The van der Waals surface area contributed by atoms with E-state index in [-0.39, 0.29) is 16.7 Å². The average molecular weight is 277 g/mol.